The molecule has 2 heterocycles. The molecule has 2 rings (SSSR count). The van der Waals surface area contributed by atoms with E-state index in [4.69, 9.17) is 9.47 Å². The fourth-order valence-electron chi connectivity index (χ4n) is 12.1. The zero-order chi connectivity index (χ0) is 71.9. The summed E-state index contributed by atoms with van der Waals surface area (Å²) >= 11 is 0. The van der Waals surface area contributed by atoms with E-state index >= 15 is 14.4 Å². The van der Waals surface area contributed by atoms with Gasteiger partial charge in [-0.2, -0.15) is 0 Å². The van der Waals surface area contributed by atoms with Crippen molar-refractivity contribution in [1.82, 2.24) is 60.5 Å². The number of allylic oxidation sites excluding steroid dienone is 2. The molecule has 538 valence electrons. The SMILES string of the molecule is C/C=C/C[C@@H](C)[C@@H](O)[C@H]1C(=O)N[C@@H](CC)C(=O)N(C)CC(=O)N(C)[C@@H]([C@@H](C)OCCCCN2CCOCC2)C(=O)N[C@@H](C(C)C)C(=O)N(C)[C@H](CC(C)C)C(=O)N[C@@H](C)C(=O)N[C@@H](C)C(=O)N(C)[C@@H](CC(C)C)C(=O)N(C)[C@H](CC(C)C)C(=O)N(C)[C@@H](C(C)C)C(=O)N1C. The highest BCUT2D eigenvalue weighted by Crippen LogP contribution is 2.26. The maximum Gasteiger partial charge on any atom is 0.246 e. The standard InChI is InChI=1S/C68H122N12O14/c1-24-26-29-45(13)58(82)57-62(86)71-49(25-2)64(88)73(17)39-53(81)77(21)56(48(16)94-33-28-27-30-80-31-34-93-35-32-80)61(85)72-54(43(9)10)67(91)74(18)50(36-40(3)4)60(84)69-46(14)59(83)70-47(15)63(87)75(19)51(37-41(5)6)65(89)76(20)52(38-42(7)8)66(90)78(22)55(44(11)12)68(92)79(57)23/h24,26,40-52,54-58,82H,25,27-39H2,1-23H3,(H,69,84)(H,70,83)(H,71,86)(H,72,85)/b26-24+/t45-,46+,47+,48-,49+,50-,51+,52-,54+,55+,56+,57+,58-/m1/s1. The summed E-state index contributed by atoms with van der Waals surface area (Å²) in [6, 6.07) is -12.8. The molecule has 0 spiro atoms. The molecule has 0 bridgehead atoms. The average Bonchev–Trinajstić information content (AvgIpc) is 0.810. The Kier molecular flexibility index (Phi) is 35.4. The van der Waals surface area contributed by atoms with Gasteiger partial charge in [0.1, 0.15) is 60.4 Å². The fraction of sp³-hybridized carbons (Fsp3) is 0.809. The molecule has 0 aromatic carbocycles. The second-order valence-corrected chi connectivity index (χ2v) is 28.1. The van der Waals surface area contributed by atoms with Crippen LogP contribution in [0.3, 0.4) is 0 Å². The van der Waals surface area contributed by atoms with Crippen LogP contribution >= 0.6 is 0 Å². The van der Waals surface area contributed by atoms with Crippen LogP contribution in [0.1, 0.15) is 156 Å². The molecule has 0 unspecified atom stereocenters. The molecule has 5 N–H and O–H groups in total. The van der Waals surface area contributed by atoms with E-state index < -0.39 is 162 Å². The molecule has 0 aliphatic carbocycles. The molecule has 0 radical (unpaired) electrons. The summed E-state index contributed by atoms with van der Waals surface area (Å²) in [5.74, 6) is -10.0. The molecule has 0 saturated carbocycles. The summed E-state index contributed by atoms with van der Waals surface area (Å²) in [4.78, 5) is 173. The molecule has 0 aromatic heterocycles. The van der Waals surface area contributed by atoms with Crippen LogP contribution < -0.4 is 21.3 Å². The predicted octanol–water partition coefficient (Wildman–Crippen LogP) is 2.74. The van der Waals surface area contributed by atoms with Crippen molar-refractivity contribution in [1.29, 1.82) is 0 Å². The molecule has 2 aliphatic heterocycles. The number of nitrogens with zero attached hydrogens (tertiary/aromatic N) is 8. The summed E-state index contributed by atoms with van der Waals surface area (Å²) in [6.45, 7) is 31.1. The van der Waals surface area contributed by atoms with Crippen molar-refractivity contribution >= 4 is 65.0 Å². The highest BCUT2D eigenvalue weighted by atomic mass is 16.5. The van der Waals surface area contributed by atoms with E-state index in [9.17, 15) is 43.5 Å². The number of unbranched alkanes of at least 4 members (excludes halogenated alkanes) is 1. The third-order valence-corrected chi connectivity index (χ3v) is 18.1. The molecular formula is C68H122N12O14. The van der Waals surface area contributed by atoms with Gasteiger partial charge in [-0.3, -0.25) is 57.6 Å². The zero-order valence-corrected chi connectivity index (χ0v) is 61.3. The zero-order valence-electron chi connectivity index (χ0n) is 61.3. The van der Waals surface area contributed by atoms with Gasteiger partial charge < -0.3 is 70.1 Å². The lowest BCUT2D eigenvalue weighted by Crippen LogP contribution is -2.63. The second kappa shape index (κ2) is 39.7. The van der Waals surface area contributed by atoms with Gasteiger partial charge >= 0.3 is 0 Å². The van der Waals surface area contributed by atoms with E-state index in [-0.39, 0.29) is 50.0 Å². The van der Waals surface area contributed by atoms with Crippen LogP contribution in [0.2, 0.25) is 0 Å². The summed E-state index contributed by atoms with van der Waals surface area (Å²) < 4.78 is 11.8. The van der Waals surface area contributed by atoms with Gasteiger partial charge in [0, 0.05) is 69.0 Å². The smallest absolute Gasteiger partial charge is 0.246 e. The number of aliphatic hydroxyl groups excluding tert-OH is 1. The number of hydrogen-bond donors (Lipinski definition) is 5. The Hall–Kier alpha value is -6.25. The van der Waals surface area contributed by atoms with Crippen LogP contribution in [0.4, 0.5) is 0 Å². The lowest BCUT2D eigenvalue weighted by Gasteiger charge is -2.41. The molecule has 94 heavy (non-hydrogen) atoms. The van der Waals surface area contributed by atoms with Gasteiger partial charge in [-0.15, -0.1) is 0 Å². The van der Waals surface area contributed by atoms with Crippen LogP contribution in [-0.2, 0) is 62.2 Å². The highest BCUT2D eigenvalue weighted by molar-refractivity contribution is 5.99. The fourth-order valence-corrected chi connectivity index (χ4v) is 12.1. The van der Waals surface area contributed by atoms with Crippen LogP contribution in [-0.4, -0.2) is 277 Å². The first-order valence-electron chi connectivity index (χ1n) is 34.1. The average molecular weight is 1330 g/mol. The Morgan fingerprint density at radius 1 is 0.532 bits per heavy atom. The van der Waals surface area contributed by atoms with Gasteiger partial charge in [-0.1, -0.05) is 95.2 Å². The summed E-state index contributed by atoms with van der Waals surface area (Å²) in [7, 11) is 9.87. The summed E-state index contributed by atoms with van der Waals surface area (Å²) in [6.07, 6.45) is 3.21. The van der Waals surface area contributed by atoms with Crippen molar-refractivity contribution in [3.8, 4) is 0 Å². The van der Waals surface area contributed by atoms with Gasteiger partial charge in [0.15, 0.2) is 0 Å². The Balaban J connectivity index is 2.97. The number of ether oxygens (including phenoxy) is 2. The van der Waals surface area contributed by atoms with E-state index in [1.165, 1.54) is 82.8 Å². The number of hydrogen-bond acceptors (Lipinski definition) is 15. The maximum atomic E-state index is 15.2. The van der Waals surface area contributed by atoms with Crippen molar-refractivity contribution in [2.45, 2.75) is 228 Å². The maximum absolute atomic E-state index is 15.2. The van der Waals surface area contributed by atoms with Gasteiger partial charge in [0.05, 0.1) is 32.0 Å². The molecule has 26 heteroatoms. The van der Waals surface area contributed by atoms with Crippen molar-refractivity contribution < 1.29 is 67.3 Å². The van der Waals surface area contributed by atoms with Gasteiger partial charge in [0.2, 0.25) is 65.0 Å². The number of morpholine rings is 1. The lowest BCUT2D eigenvalue weighted by molar-refractivity contribution is -0.157. The lowest BCUT2D eigenvalue weighted by atomic mass is 9.91. The largest absolute Gasteiger partial charge is 0.390 e. The first-order chi connectivity index (χ1) is 43.8. The van der Waals surface area contributed by atoms with Crippen LogP contribution in [0.15, 0.2) is 12.2 Å². The molecule has 13 atom stereocenters. The van der Waals surface area contributed by atoms with Gasteiger partial charge in [-0.05, 0) is 115 Å². The molecule has 2 fully saturated rings. The highest BCUT2D eigenvalue weighted by Gasteiger charge is 2.46. The van der Waals surface area contributed by atoms with E-state index in [1.54, 1.807) is 67.5 Å². The Morgan fingerprint density at radius 3 is 1.53 bits per heavy atom. The minimum atomic E-state index is -1.63. The third kappa shape index (κ3) is 24.1. The number of amides is 11. The minimum absolute atomic E-state index is 0.00187. The van der Waals surface area contributed by atoms with E-state index in [0.717, 1.165) is 40.8 Å². The molecule has 11 amide bonds. The Labute approximate surface area is 562 Å². The first kappa shape index (κ1) is 83.8. The van der Waals surface area contributed by atoms with E-state index in [0.29, 0.717) is 26.1 Å². The van der Waals surface area contributed by atoms with Crippen LogP contribution in [0.25, 0.3) is 0 Å². The molecule has 2 aliphatic rings. The van der Waals surface area contributed by atoms with Crippen LogP contribution in [0, 0.1) is 35.5 Å². The topological polar surface area (TPSA) is 300 Å². The van der Waals surface area contributed by atoms with Gasteiger partial charge in [0.25, 0.3) is 0 Å². The minimum Gasteiger partial charge on any atom is -0.390 e. The number of likely N-dealkylation sites (N-methyl/N-ethyl adjacent to an activating group) is 7. The predicted molar refractivity (Wildman–Crippen MR) is 361 cm³/mol. The Bertz CT molecular complexity index is 2540. The molecule has 26 nitrogen and oxygen atoms in total. The number of carbonyl (C=O) groups is 11. The van der Waals surface area contributed by atoms with E-state index in [1.807, 2.05) is 41.5 Å². The normalized spacial score (nSPS) is 26.9. The number of carbonyl (C=O) groups excluding carboxylic acids is 11. The van der Waals surface area contributed by atoms with Crippen molar-refractivity contribution in [2.75, 3.05) is 95.3 Å². The van der Waals surface area contributed by atoms with E-state index in [2.05, 4.69) is 26.2 Å². The number of rotatable bonds is 20. The molecule has 0 aromatic rings. The summed E-state index contributed by atoms with van der Waals surface area (Å²) in [5.41, 5.74) is 0. The van der Waals surface area contributed by atoms with Crippen molar-refractivity contribution in [3.05, 3.63) is 12.2 Å². The third-order valence-electron chi connectivity index (χ3n) is 18.1. The monoisotopic (exact) mass is 1330 g/mol. The number of nitrogens with one attached hydrogen (secondary N) is 4. The summed E-state index contributed by atoms with van der Waals surface area (Å²) in [5, 5.41) is 23.2. The Morgan fingerprint density at radius 2 is 1.02 bits per heavy atom. The second-order valence-electron chi connectivity index (χ2n) is 28.1. The quantitative estimate of drug-likeness (QED) is 0.0865. The van der Waals surface area contributed by atoms with Crippen molar-refractivity contribution in [2.24, 2.45) is 35.5 Å². The molecule has 2 saturated heterocycles. The van der Waals surface area contributed by atoms with Crippen molar-refractivity contribution in [3.63, 3.8) is 0 Å². The van der Waals surface area contributed by atoms with Gasteiger partial charge in [-0.25, -0.2) is 0 Å². The molecular weight excluding hydrogens is 1210 g/mol. The number of aliphatic hydroxyl groups is 1. The van der Waals surface area contributed by atoms with Crippen LogP contribution in [0.5, 0.6) is 0 Å². The first-order valence-corrected chi connectivity index (χ1v) is 34.1.